The molecule has 2 fully saturated rings. The number of nitrogens with zero attached hydrogens (tertiary/aromatic N) is 1. The van der Waals surface area contributed by atoms with Crippen LogP contribution in [-0.4, -0.2) is 62.4 Å². The second-order valence-electron chi connectivity index (χ2n) is 7.98. The number of benzene rings is 1. The van der Waals surface area contributed by atoms with E-state index in [-0.39, 0.29) is 18.6 Å². The molecule has 1 aliphatic heterocycles. The molecular formula is C22H34N2O4. The van der Waals surface area contributed by atoms with Crippen molar-refractivity contribution in [3.05, 3.63) is 23.8 Å². The third-order valence-electron chi connectivity index (χ3n) is 6.47. The summed E-state index contributed by atoms with van der Waals surface area (Å²) in [5, 5.41) is 12.8. The molecule has 28 heavy (non-hydrogen) atoms. The lowest BCUT2D eigenvalue weighted by molar-refractivity contribution is -0.126. The quantitative estimate of drug-likeness (QED) is 0.714. The highest BCUT2D eigenvalue weighted by Crippen LogP contribution is 2.43. The number of amides is 1. The van der Waals surface area contributed by atoms with Crippen LogP contribution in [0.3, 0.4) is 0 Å². The molecule has 2 N–H and O–H groups in total. The van der Waals surface area contributed by atoms with Crippen molar-refractivity contribution >= 4 is 5.91 Å². The molecule has 6 nitrogen and oxygen atoms in total. The average molecular weight is 391 g/mol. The van der Waals surface area contributed by atoms with Gasteiger partial charge in [-0.05, 0) is 49.9 Å². The largest absolute Gasteiger partial charge is 0.493 e. The molecular weight excluding hydrogens is 356 g/mol. The number of methoxy groups -OCH3 is 2. The molecule has 1 atom stereocenters. The van der Waals surface area contributed by atoms with Gasteiger partial charge < -0.3 is 19.9 Å². The maximum atomic E-state index is 13.3. The molecule has 1 aromatic carbocycles. The van der Waals surface area contributed by atoms with Crippen molar-refractivity contribution in [1.82, 2.24) is 10.2 Å². The first-order chi connectivity index (χ1) is 13.6. The Balaban J connectivity index is 1.68. The van der Waals surface area contributed by atoms with Crippen molar-refractivity contribution in [1.29, 1.82) is 0 Å². The van der Waals surface area contributed by atoms with Crippen molar-refractivity contribution < 1.29 is 19.4 Å². The Morgan fingerprint density at radius 2 is 1.93 bits per heavy atom. The Kier molecular flexibility index (Phi) is 7.18. The fourth-order valence-corrected chi connectivity index (χ4v) is 4.80. The van der Waals surface area contributed by atoms with E-state index in [2.05, 4.69) is 10.2 Å². The van der Waals surface area contributed by atoms with E-state index in [1.54, 1.807) is 14.2 Å². The standard InChI is InChI=1S/C22H34N2O4/c1-27-19-9-8-17(15-20(19)28-2)22(10-4-5-11-22)21(26)23-12-14-24-13-6-3-7-18(24)16-25/h8-9,15,18,25H,3-7,10-14,16H2,1-2H3,(H,23,26). The lowest BCUT2D eigenvalue weighted by Gasteiger charge is -2.35. The van der Waals surface area contributed by atoms with Crippen LogP contribution in [0.2, 0.25) is 0 Å². The first-order valence-corrected chi connectivity index (χ1v) is 10.5. The number of rotatable bonds is 8. The van der Waals surface area contributed by atoms with E-state index in [9.17, 15) is 9.90 Å². The molecule has 1 saturated heterocycles. The first kappa shape index (κ1) is 20.9. The van der Waals surface area contributed by atoms with Gasteiger partial charge in [-0.3, -0.25) is 9.69 Å². The molecule has 3 rings (SSSR count). The van der Waals surface area contributed by atoms with Gasteiger partial charge in [0.2, 0.25) is 5.91 Å². The molecule has 156 valence electrons. The molecule has 2 aliphatic rings. The highest BCUT2D eigenvalue weighted by molar-refractivity contribution is 5.88. The van der Waals surface area contributed by atoms with E-state index in [4.69, 9.17) is 9.47 Å². The molecule has 0 spiro atoms. The Morgan fingerprint density at radius 3 is 2.61 bits per heavy atom. The Morgan fingerprint density at radius 1 is 1.18 bits per heavy atom. The van der Waals surface area contributed by atoms with Gasteiger partial charge in [0.1, 0.15) is 0 Å². The van der Waals surface area contributed by atoms with Crippen molar-refractivity contribution in [3.8, 4) is 11.5 Å². The van der Waals surface area contributed by atoms with Crippen LogP contribution >= 0.6 is 0 Å². The van der Waals surface area contributed by atoms with Crippen LogP contribution < -0.4 is 14.8 Å². The number of carbonyl (C=O) groups excluding carboxylic acids is 1. The molecule has 0 radical (unpaired) electrons. The predicted molar refractivity (Wildman–Crippen MR) is 109 cm³/mol. The van der Waals surface area contributed by atoms with E-state index in [1.165, 1.54) is 12.8 Å². The Labute approximate surface area is 168 Å². The molecule has 6 heteroatoms. The molecule has 0 bridgehead atoms. The predicted octanol–water partition coefficient (Wildman–Crippen LogP) is 2.48. The van der Waals surface area contributed by atoms with E-state index in [1.807, 2.05) is 18.2 Å². The number of piperidine rings is 1. The number of hydrogen-bond donors (Lipinski definition) is 2. The second kappa shape index (κ2) is 9.61. The highest BCUT2D eigenvalue weighted by Gasteiger charge is 2.43. The lowest BCUT2D eigenvalue weighted by atomic mass is 9.77. The lowest BCUT2D eigenvalue weighted by Crippen LogP contribution is -2.48. The van der Waals surface area contributed by atoms with Crippen LogP contribution in [0.25, 0.3) is 0 Å². The third kappa shape index (κ3) is 4.28. The number of aliphatic hydroxyl groups excluding tert-OH is 1. The molecule has 0 aromatic heterocycles. The normalized spacial score (nSPS) is 22.0. The van der Waals surface area contributed by atoms with E-state index >= 15 is 0 Å². The minimum absolute atomic E-state index is 0.106. The third-order valence-corrected chi connectivity index (χ3v) is 6.47. The Bertz CT molecular complexity index is 658. The van der Waals surface area contributed by atoms with Crippen molar-refractivity contribution in [2.45, 2.75) is 56.4 Å². The summed E-state index contributed by atoms with van der Waals surface area (Å²) in [5.74, 6) is 1.45. The molecule has 1 unspecified atom stereocenters. The van der Waals surface area contributed by atoms with Crippen LogP contribution in [-0.2, 0) is 10.2 Å². The molecule has 1 aromatic rings. The summed E-state index contributed by atoms with van der Waals surface area (Å²) in [7, 11) is 3.25. The first-order valence-electron chi connectivity index (χ1n) is 10.5. The SMILES string of the molecule is COc1ccc(C2(C(=O)NCCN3CCCCC3CO)CCCC2)cc1OC. The number of carbonyl (C=O) groups is 1. The zero-order valence-corrected chi connectivity index (χ0v) is 17.2. The van der Waals surface area contributed by atoms with E-state index in [0.29, 0.717) is 18.0 Å². The molecule has 1 saturated carbocycles. The fraction of sp³-hybridized carbons (Fsp3) is 0.682. The summed E-state index contributed by atoms with van der Waals surface area (Å²) < 4.78 is 10.8. The smallest absolute Gasteiger partial charge is 0.230 e. The number of ether oxygens (including phenoxy) is 2. The van der Waals surface area contributed by atoms with Crippen molar-refractivity contribution in [3.63, 3.8) is 0 Å². The van der Waals surface area contributed by atoms with Crippen molar-refractivity contribution in [2.24, 2.45) is 0 Å². The topological polar surface area (TPSA) is 71.0 Å². The zero-order valence-electron chi connectivity index (χ0n) is 17.2. The van der Waals surface area contributed by atoms with Gasteiger partial charge in [0, 0.05) is 19.1 Å². The zero-order chi connectivity index (χ0) is 20.0. The number of nitrogens with one attached hydrogen (secondary N) is 1. The number of hydrogen-bond acceptors (Lipinski definition) is 5. The minimum Gasteiger partial charge on any atom is -0.493 e. The second-order valence-corrected chi connectivity index (χ2v) is 7.98. The summed E-state index contributed by atoms with van der Waals surface area (Å²) in [6.07, 6.45) is 7.21. The Hall–Kier alpha value is -1.79. The fourth-order valence-electron chi connectivity index (χ4n) is 4.80. The van der Waals surface area contributed by atoms with Gasteiger partial charge >= 0.3 is 0 Å². The average Bonchev–Trinajstić information content (AvgIpc) is 3.24. The van der Waals surface area contributed by atoms with Gasteiger partial charge in [-0.2, -0.15) is 0 Å². The summed E-state index contributed by atoms with van der Waals surface area (Å²) in [6, 6.07) is 6.08. The van der Waals surface area contributed by atoms with Gasteiger partial charge in [-0.1, -0.05) is 25.3 Å². The monoisotopic (exact) mass is 390 g/mol. The summed E-state index contributed by atoms with van der Waals surface area (Å²) >= 11 is 0. The maximum absolute atomic E-state index is 13.3. The van der Waals surface area contributed by atoms with Gasteiger partial charge in [0.25, 0.3) is 0 Å². The van der Waals surface area contributed by atoms with Crippen LogP contribution in [0, 0.1) is 0 Å². The molecule has 1 amide bonds. The van der Waals surface area contributed by atoms with Crippen LogP contribution in [0.15, 0.2) is 18.2 Å². The summed E-state index contributed by atoms with van der Waals surface area (Å²) in [6.45, 7) is 2.61. The van der Waals surface area contributed by atoms with E-state index in [0.717, 1.165) is 50.8 Å². The van der Waals surface area contributed by atoms with Crippen LogP contribution in [0.1, 0.15) is 50.5 Å². The summed E-state index contributed by atoms with van der Waals surface area (Å²) in [5.41, 5.74) is 0.518. The van der Waals surface area contributed by atoms with Gasteiger partial charge in [-0.15, -0.1) is 0 Å². The van der Waals surface area contributed by atoms with E-state index < -0.39 is 5.41 Å². The minimum atomic E-state index is -0.488. The highest BCUT2D eigenvalue weighted by atomic mass is 16.5. The van der Waals surface area contributed by atoms with Crippen LogP contribution in [0.5, 0.6) is 11.5 Å². The molecule has 1 aliphatic carbocycles. The number of aliphatic hydroxyl groups is 1. The van der Waals surface area contributed by atoms with Gasteiger partial charge in [0.15, 0.2) is 11.5 Å². The number of likely N-dealkylation sites (tertiary alicyclic amines) is 1. The van der Waals surface area contributed by atoms with Gasteiger partial charge in [0.05, 0.1) is 26.2 Å². The van der Waals surface area contributed by atoms with Gasteiger partial charge in [-0.25, -0.2) is 0 Å². The maximum Gasteiger partial charge on any atom is 0.230 e. The van der Waals surface area contributed by atoms with Crippen LogP contribution in [0.4, 0.5) is 0 Å². The van der Waals surface area contributed by atoms with Crippen molar-refractivity contribution in [2.75, 3.05) is 40.5 Å². The molecule has 1 heterocycles. The summed E-state index contributed by atoms with van der Waals surface area (Å²) in [4.78, 5) is 15.6.